The zero-order valence-corrected chi connectivity index (χ0v) is 21.2. The van der Waals surface area contributed by atoms with Gasteiger partial charge in [-0.1, -0.05) is 60.7 Å². The lowest BCUT2D eigenvalue weighted by Gasteiger charge is -2.29. The highest BCUT2D eigenvalue weighted by molar-refractivity contribution is 5.94. The first-order chi connectivity index (χ1) is 17.9. The highest BCUT2D eigenvalue weighted by Crippen LogP contribution is 2.19. The van der Waals surface area contributed by atoms with E-state index in [0.717, 1.165) is 27.6 Å². The summed E-state index contributed by atoms with van der Waals surface area (Å²) in [6.07, 6.45) is 5.90. The highest BCUT2D eigenvalue weighted by Gasteiger charge is 2.23. The van der Waals surface area contributed by atoms with Crippen molar-refractivity contribution in [2.45, 2.75) is 32.9 Å². The van der Waals surface area contributed by atoms with Crippen LogP contribution in [0.15, 0.2) is 91.1 Å². The molecule has 5 nitrogen and oxygen atoms in total. The molecule has 1 N–H and O–H groups in total. The lowest BCUT2D eigenvalue weighted by molar-refractivity contribution is -0.139. The molecule has 1 aromatic heterocycles. The third kappa shape index (κ3) is 6.94. The Bertz CT molecular complexity index is 1360. The van der Waals surface area contributed by atoms with E-state index in [-0.39, 0.29) is 30.2 Å². The van der Waals surface area contributed by atoms with E-state index in [1.165, 1.54) is 18.2 Å². The normalized spacial score (nSPS) is 11.4. The zero-order valence-electron chi connectivity index (χ0n) is 21.2. The van der Waals surface area contributed by atoms with Crippen LogP contribution in [0.25, 0.3) is 17.0 Å². The van der Waals surface area contributed by atoms with Crippen LogP contribution < -0.4 is 0 Å². The molecule has 37 heavy (non-hydrogen) atoms. The largest absolute Gasteiger partial charge is 0.361 e. The minimum absolute atomic E-state index is 0.0370. The van der Waals surface area contributed by atoms with E-state index in [4.69, 9.17) is 0 Å². The summed E-state index contributed by atoms with van der Waals surface area (Å²) in [6.45, 7) is 4.57. The Balaban J connectivity index is 1.50. The number of rotatable bonds is 10. The minimum atomic E-state index is -0.317. The number of fused-ring (bicyclic) bond motifs is 1. The van der Waals surface area contributed by atoms with Crippen molar-refractivity contribution < 1.29 is 14.0 Å². The molecule has 0 aliphatic rings. The Kier molecular flexibility index (Phi) is 8.52. The van der Waals surface area contributed by atoms with E-state index in [2.05, 4.69) is 11.1 Å². The zero-order chi connectivity index (χ0) is 26.2. The lowest BCUT2D eigenvalue weighted by atomic mass is 10.1. The average Bonchev–Trinajstić information content (AvgIpc) is 3.32. The van der Waals surface area contributed by atoms with Crippen molar-refractivity contribution in [3.63, 3.8) is 0 Å². The van der Waals surface area contributed by atoms with Gasteiger partial charge in [0.05, 0.1) is 0 Å². The van der Waals surface area contributed by atoms with Crippen LogP contribution in [-0.2, 0) is 22.6 Å². The van der Waals surface area contributed by atoms with Crippen molar-refractivity contribution in [1.29, 1.82) is 0 Å². The number of carbonyl (C=O) groups excluding carboxylic acids is 2. The van der Waals surface area contributed by atoms with Gasteiger partial charge < -0.3 is 14.8 Å². The number of hydrogen-bond acceptors (Lipinski definition) is 2. The molecule has 1 heterocycles. The highest BCUT2D eigenvalue weighted by atomic mass is 19.1. The molecule has 0 radical (unpaired) electrons. The summed E-state index contributed by atoms with van der Waals surface area (Å²) in [6, 6.07) is 23.7. The molecule has 0 fully saturated rings. The van der Waals surface area contributed by atoms with Crippen molar-refractivity contribution in [3.8, 4) is 0 Å². The molecule has 6 heteroatoms. The van der Waals surface area contributed by atoms with Crippen molar-refractivity contribution in [2.24, 2.45) is 0 Å². The first-order valence-electron chi connectivity index (χ1n) is 12.5. The van der Waals surface area contributed by atoms with E-state index in [1.807, 2.05) is 68.6 Å². The molecule has 0 bridgehead atoms. The van der Waals surface area contributed by atoms with E-state index in [9.17, 15) is 14.0 Å². The van der Waals surface area contributed by atoms with E-state index >= 15 is 0 Å². The predicted octanol–water partition coefficient (Wildman–Crippen LogP) is 5.83. The first kappa shape index (κ1) is 25.9. The number of nitrogens with zero attached hydrogens (tertiary/aromatic N) is 2. The van der Waals surface area contributed by atoms with Gasteiger partial charge in [0.2, 0.25) is 11.8 Å². The maximum absolute atomic E-state index is 13.6. The topological polar surface area (TPSA) is 56.4 Å². The predicted molar refractivity (Wildman–Crippen MR) is 146 cm³/mol. The lowest BCUT2D eigenvalue weighted by Crippen LogP contribution is -2.45. The number of carbonyl (C=O) groups is 2. The van der Waals surface area contributed by atoms with Crippen molar-refractivity contribution in [2.75, 3.05) is 13.1 Å². The first-order valence-corrected chi connectivity index (χ1v) is 12.5. The van der Waals surface area contributed by atoms with Gasteiger partial charge in [-0.2, -0.15) is 0 Å². The summed E-state index contributed by atoms with van der Waals surface area (Å²) in [4.78, 5) is 33.2. The second-order valence-corrected chi connectivity index (χ2v) is 9.36. The molecule has 4 aromatic rings. The van der Waals surface area contributed by atoms with Crippen LogP contribution in [-0.4, -0.2) is 45.7 Å². The van der Waals surface area contributed by atoms with Crippen LogP contribution in [0.5, 0.6) is 0 Å². The van der Waals surface area contributed by atoms with Crippen LogP contribution in [0.3, 0.4) is 0 Å². The molecule has 0 aliphatic carbocycles. The molecule has 0 saturated heterocycles. The maximum Gasteiger partial charge on any atom is 0.247 e. The molecular formula is C31H32FN3O2. The van der Waals surface area contributed by atoms with Gasteiger partial charge in [0.1, 0.15) is 12.4 Å². The Morgan fingerprint density at radius 1 is 0.946 bits per heavy atom. The average molecular weight is 498 g/mol. The summed E-state index contributed by atoms with van der Waals surface area (Å²) >= 11 is 0. The van der Waals surface area contributed by atoms with Crippen LogP contribution in [0.2, 0.25) is 0 Å². The second-order valence-electron chi connectivity index (χ2n) is 9.36. The molecule has 0 aliphatic heterocycles. The Hall–Kier alpha value is -4.19. The Morgan fingerprint density at radius 3 is 2.38 bits per heavy atom. The van der Waals surface area contributed by atoms with Gasteiger partial charge in [0, 0.05) is 42.3 Å². The smallest absolute Gasteiger partial charge is 0.247 e. The fourth-order valence-corrected chi connectivity index (χ4v) is 4.28. The molecule has 0 saturated carbocycles. The molecular weight excluding hydrogens is 465 g/mol. The van der Waals surface area contributed by atoms with Crippen LogP contribution in [0, 0.1) is 5.82 Å². The van der Waals surface area contributed by atoms with Gasteiger partial charge in [-0.25, -0.2) is 4.39 Å². The maximum atomic E-state index is 13.6. The number of aromatic nitrogens is 1. The summed E-state index contributed by atoms with van der Waals surface area (Å²) in [5.41, 5.74) is 3.92. The second kappa shape index (κ2) is 12.2. The van der Waals surface area contributed by atoms with Gasteiger partial charge in [-0.15, -0.1) is 0 Å². The number of halogens is 1. The van der Waals surface area contributed by atoms with Crippen LogP contribution in [0.4, 0.5) is 4.39 Å². The molecule has 2 amide bonds. The fourth-order valence-electron chi connectivity index (χ4n) is 4.28. The number of amides is 2. The number of H-pyrrole nitrogens is 1. The molecule has 0 atom stereocenters. The van der Waals surface area contributed by atoms with E-state index < -0.39 is 0 Å². The Morgan fingerprint density at radius 2 is 1.65 bits per heavy atom. The van der Waals surface area contributed by atoms with Crippen molar-refractivity contribution >= 4 is 28.8 Å². The molecule has 190 valence electrons. The molecule has 4 rings (SSSR count). The van der Waals surface area contributed by atoms with Gasteiger partial charge in [-0.3, -0.25) is 9.59 Å². The summed E-state index contributed by atoms with van der Waals surface area (Å²) in [7, 11) is 0. The minimum Gasteiger partial charge on any atom is -0.361 e. The quantitative estimate of drug-likeness (QED) is 0.280. The van der Waals surface area contributed by atoms with E-state index in [1.54, 1.807) is 28.0 Å². The van der Waals surface area contributed by atoms with Crippen LogP contribution >= 0.6 is 0 Å². The number of hydrogen-bond donors (Lipinski definition) is 1. The number of benzene rings is 3. The fraction of sp³-hybridized carbons (Fsp3) is 0.226. The molecule has 0 unspecified atom stereocenters. The van der Waals surface area contributed by atoms with Gasteiger partial charge in [0.25, 0.3) is 0 Å². The number of para-hydroxylation sites is 1. The van der Waals surface area contributed by atoms with Gasteiger partial charge >= 0.3 is 0 Å². The molecule has 0 spiro atoms. The third-order valence-electron chi connectivity index (χ3n) is 6.40. The van der Waals surface area contributed by atoms with Crippen molar-refractivity contribution in [3.05, 3.63) is 114 Å². The SMILES string of the molecule is CC(C)N(CC(=O)N(CCc1c[nH]c2ccccc12)Cc1ccc(F)cc1)C(=O)/C=C/c1ccccc1. The Labute approximate surface area is 217 Å². The van der Waals surface area contributed by atoms with Crippen LogP contribution in [0.1, 0.15) is 30.5 Å². The number of aromatic amines is 1. The van der Waals surface area contributed by atoms with Gasteiger partial charge in [-0.05, 0) is 61.2 Å². The summed E-state index contributed by atoms with van der Waals surface area (Å²) < 4.78 is 13.5. The summed E-state index contributed by atoms with van der Waals surface area (Å²) in [5, 5.41) is 1.13. The molecule has 3 aromatic carbocycles. The number of nitrogens with one attached hydrogen (secondary N) is 1. The van der Waals surface area contributed by atoms with E-state index in [0.29, 0.717) is 19.5 Å². The third-order valence-corrected chi connectivity index (χ3v) is 6.40. The van der Waals surface area contributed by atoms with Gasteiger partial charge in [0.15, 0.2) is 0 Å². The monoisotopic (exact) mass is 497 g/mol. The summed E-state index contributed by atoms with van der Waals surface area (Å²) in [5.74, 6) is -0.688. The van der Waals surface area contributed by atoms with Crippen molar-refractivity contribution in [1.82, 2.24) is 14.8 Å². The standard InChI is InChI=1S/C31H32FN3O2/c1-23(2)35(30(36)17-14-24-8-4-3-5-9-24)22-31(37)34(21-25-12-15-27(32)16-13-25)19-18-26-20-33-29-11-7-6-10-28(26)29/h3-17,20,23,33H,18-19,21-22H2,1-2H3/b17-14+.